The Bertz CT molecular complexity index is 495. The summed E-state index contributed by atoms with van der Waals surface area (Å²) < 4.78 is 28.2. The Labute approximate surface area is 155 Å². The highest BCUT2D eigenvalue weighted by molar-refractivity contribution is 7.86. The van der Waals surface area contributed by atoms with Gasteiger partial charge in [0, 0.05) is 0 Å². The Morgan fingerprint density at radius 2 is 1.56 bits per heavy atom. The lowest BCUT2D eigenvalue weighted by Crippen LogP contribution is -2.32. The molecule has 0 aliphatic heterocycles. The van der Waals surface area contributed by atoms with Gasteiger partial charge in [0.25, 0.3) is 10.1 Å². The summed E-state index contributed by atoms with van der Waals surface area (Å²) in [5, 5.41) is 0. The van der Waals surface area contributed by atoms with Crippen molar-refractivity contribution in [3.8, 4) is 0 Å². The molecule has 0 spiro atoms. The van der Waals surface area contributed by atoms with Gasteiger partial charge in [0.2, 0.25) is 0 Å². The van der Waals surface area contributed by atoms with Crippen molar-refractivity contribution in [3.63, 3.8) is 0 Å². The second kappa shape index (κ2) is 10.1. The molecular weight excluding hydrogens is 332 g/mol. The molecule has 0 radical (unpaired) electrons. The first-order chi connectivity index (χ1) is 11.9. The molecule has 2 rings (SSSR count). The quantitative estimate of drug-likeness (QED) is 0.406. The first kappa shape index (κ1) is 21.0. The fraction of sp³-hybridized carbons (Fsp3) is 0.905. The third-order valence-corrected chi connectivity index (χ3v) is 7.18. The van der Waals surface area contributed by atoms with E-state index in [1.165, 1.54) is 57.6 Å². The fourth-order valence-electron chi connectivity index (χ4n) is 5.14. The molecule has 4 heteroatoms. The van der Waals surface area contributed by atoms with E-state index in [1.807, 2.05) is 6.92 Å². The van der Waals surface area contributed by atoms with E-state index in [2.05, 4.69) is 19.1 Å². The summed E-state index contributed by atoms with van der Waals surface area (Å²) >= 11 is 0. The Kier molecular flexibility index (Phi) is 8.47. The lowest BCUT2D eigenvalue weighted by molar-refractivity contribution is 0.0750. The number of allylic oxidation sites excluding steroid dienone is 2. The topological polar surface area (TPSA) is 43.4 Å². The molecule has 2 aliphatic rings. The molecule has 0 aromatic heterocycles. The third-order valence-electron chi connectivity index (χ3n) is 6.58. The maximum absolute atomic E-state index is 11.5. The van der Waals surface area contributed by atoms with Crippen LogP contribution in [-0.2, 0) is 14.3 Å². The van der Waals surface area contributed by atoms with E-state index in [0.717, 1.165) is 37.0 Å². The maximum Gasteiger partial charge on any atom is 0.264 e. The monoisotopic (exact) mass is 370 g/mol. The average Bonchev–Trinajstić information content (AvgIpc) is 2.60. The fourth-order valence-corrected chi connectivity index (χ4v) is 5.88. The van der Waals surface area contributed by atoms with Crippen molar-refractivity contribution < 1.29 is 12.6 Å². The van der Waals surface area contributed by atoms with Crippen molar-refractivity contribution in [2.75, 3.05) is 6.26 Å². The molecule has 1 unspecified atom stereocenters. The van der Waals surface area contributed by atoms with Gasteiger partial charge in [0.15, 0.2) is 0 Å². The van der Waals surface area contributed by atoms with Crippen LogP contribution in [0.5, 0.6) is 0 Å². The molecule has 3 nitrogen and oxygen atoms in total. The lowest BCUT2D eigenvalue weighted by atomic mass is 9.68. The molecule has 1 atom stereocenters. The van der Waals surface area contributed by atoms with E-state index >= 15 is 0 Å². The van der Waals surface area contributed by atoms with Crippen molar-refractivity contribution in [3.05, 3.63) is 12.2 Å². The van der Waals surface area contributed by atoms with Crippen molar-refractivity contribution in [1.82, 2.24) is 0 Å². The van der Waals surface area contributed by atoms with Crippen molar-refractivity contribution in [2.24, 2.45) is 23.7 Å². The van der Waals surface area contributed by atoms with Crippen LogP contribution in [0.25, 0.3) is 0 Å². The van der Waals surface area contributed by atoms with E-state index in [-0.39, 0.29) is 6.10 Å². The van der Waals surface area contributed by atoms with Gasteiger partial charge in [-0.1, -0.05) is 31.9 Å². The number of hydrogen-bond acceptors (Lipinski definition) is 3. The highest BCUT2D eigenvalue weighted by Crippen LogP contribution is 2.43. The van der Waals surface area contributed by atoms with Crippen molar-refractivity contribution in [2.45, 2.75) is 90.6 Å². The van der Waals surface area contributed by atoms with Gasteiger partial charge < -0.3 is 0 Å². The van der Waals surface area contributed by atoms with Crippen LogP contribution in [0.3, 0.4) is 0 Å². The summed E-state index contributed by atoms with van der Waals surface area (Å²) in [4.78, 5) is 0. The van der Waals surface area contributed by atoms with Gasteiger partial charge in [0.1, 0.15) is 0 Å². The minimum absolute atomic E-state index is 0.113. The molecule has 0 amide bonds. The zero-order chi connectivity index (χ0) is 18.3. The van der Waals surface area contributed by atoms with Gasteiger partial charge in [-0.2, -0.15) is 8.42 Å². The van der Waals surface area contributed by atoms with Crippen molar-refractivity contribution >= 4 is 10.1 Å². The molecule has 25 heavy (non-hydrogen) atoms. The highest BCUT2D eigenvalue weighted by Gasteiger charge is 2.34. The maximum atomic E-state index is 11.5. The van der Waals surface area contributed by atoms with Crippen LogP contribution in [0.2, 0.25) is 0 Å². The van der Waals surface area contributed by atoms with Gasteiger partial charge in [-0.15, -0.1) is 0 Å². The first-order valence-electron chi connectivity index (χ1n) is 10.4. The Hall–Kier alpha value is -0.350. The van der Waals surface area contributed by atoms with E-state index in [4.69, 9.17) is 4.18 Å². The van der Waals surface area contributed by atoms with Crippen LogP contribution in [0.1, 0.15) is 84.5 Å². The molecule has 0 aromatic rings. The standard InChI is InChI=1S/C21H38O3S/c1-4-6-7-8-17-9-11-18(12-10-17)19-13-15-20(16-14-19)21(5-2)24-25(3,22)23/h4,6,17-21H,5,7-16H2,1-3H3/b6-4+/t17-,18-,19?,20?,21?. The Morgan fingerprint density at radius 3 is 2.04 bits per heavy atom. The van der Waals surface area contributed by atoms with Crippen LogP contribution in [0, 0.1) is 23.7 Å². The number of rotatable bonds is 8. The second-order valence-electron chi connectivity index (χ2n) is 8.35. The summed E-state index contributed by atoms with van der Waals surface area (Å²) in [6.45, 7) is 4.15. The van der Waals surface area contributed by atoms with Crippen LogP contribution in [0.4, 0.5) is 0 Å². The summed E-state index contributed by atoms with van der Waals surface area (Å²) in [5.74, 6) is 3.14. The summed E-state index contributed by atoms with van der Waals surface area (Å²) in [6, 6.07) is 0. The van der Waals surface area contributed by atoms with Gasteiger partial charge in [-0.25, -0.2) is 0 Å². The lowest BCUT2D eigenvalue weighted by Gasteiger charge is -2.39. The molecule has 2 saturated carbocycles. The van der Waals surface area contributed by atoms with Crippen LogP contribution < -0.4 is 0 Å². The molecule has 0 bridgehead atoms. The predicted octanol–water partition coefficient (Wildman–Crippen LogP) is 5.71. The molecular formula is C21H38O3S. The van der Waals surface area contributed by atoms with Gasteiger partial charge in [-0.05, 0) is 88.4 Å². The van der Waals surface area contributed by atoms with E-state index in [0.29, 0.717) is 5.92 Å². The zero-order valence-corrected chi connectivity index (χ0v) is 17.3. The van der Waals surface area contributed by atoms with Crippen LogP contribution >= 0.6 is 0 Å². The average molecular weight is 371 g/mol. The summed E-state index contributed by atoms with van der Waals surface area (Å²) in [6.07, 6.45) is 19.4. The zero-order valence-electron chi connectivity index (χ0n) is 16.5. The minimum atomic E-state index is -3.34. The SMILES string of the molecule is C/C=C/CC[C@H]1CC[C@H](C2CCC(C(CC)OS(C)(=O)=O)CC2)CC1. The van der Waals surface area contributed by atoms with Crippen LogP contribution in [-0.4, -0.2) is 20.8 Å². The molecule has 0 N–H and O–H groups in total. The Morgan fingerprint density at radius 1 is 1.00 bits per heavy atom. The van der Waals surface area contributed by atoms with E-state index < -0.39 is 10.1 Å². The highest BCUT2D eigenvalue weighted by atomic mass is 32.2. The molecule has 2 fully saturated rings. The normalized spacial score (nSPS) is 32.8. The van der Waals surface area contributed by atoms with Crippen LogP contribution in [0.15, 0.2) is 12.2 Å². The van der Waals surface area contributed by atoms with Crippen molar-refractivity contribution in [1.29, 1.82) is 0 Å². The van der Waals surface area contributed by atoms with E-state index in [9.17, 15) is 8.42 Å². The predicted molar refractivity (Wildman–Crippen MR) is 105 cm³/mol. The molecule has 0 heterocycles. The summed E-state index contributed by atoms with van der Waals surface area (Å²) in [7, 11) is -3.34. The Balaban J connectivity index is 1.73. The third kappa shape index (κ3) is 7.05. The van der Waals surface area contributed by atoms with E-state index in [1.54, 1.807) is 0 Å². The molecule has 0 saturated heterocycles. The summed E-state index contributed by atoms with van der Waals surface area (Å²) in [5.41, 5.74) is 0. The number of hydrogen-bond donors (Lipinski definition) is 0. The van der Waals surface area contributed by atoms with Gasteiger partial charge in [-0.3, -0.25) is 4.18 Å². The second-order valence-corrected chi connectivity index (χ2v) is 9.95. The van der Waals surface area contributed by atoms with Gasteiger partial charge >= 0.3 is 0 Å². The smallest absolute Gasteiger partial charge is 0.264 e. The molecule has 0 aromatic carbocycles. The molecule has 2 aliphatic carbocycles. The minimum Gasteiger partial charge on any atom is -0.267 e. The largest absolute Gasteiger partial charge is 0.267 e. The first-order valence-corrected chi connectivity index (χ1v) is 12.2. The molecule has 146 valence electrons. The van der Waals surface area contributed by atoms with Gasteiger partial charge in [0.05, 0.1) is 12.4 Å².